The smallest absolute Gasteiger partial charge is 0.170 e. The molecule has 0 aliphatic rings. The van der Waals surface area contributed by atoms with Crippen LogP contribution in [0.2, 0.25) is 0 Å². The number of benzene rings is 2. The topological polar surface area (TPSA) is 74.4 Å². The summed E-state index contributed by atoms with van der Waals surface area (Å²) in [5.41, 5.74) is 8.49. The van der Waals surface area contributed by atoms with E-state index in [0.717, 1.165) is 26.6 Å². The molecule has 0 saturated heterocycles. The number of hydrogen-bond donors (Lipinski definition) is 3. The zero-order valence-electron chi connectivity index (χ0n) is 11.5. The summed E-state index contributed by atoms with van der Waals surface area (Å²) in [5.74, 6) is 0.134. The van der Waals surface area contributed by atoms with E-state index < -0.39 is 0 Å². The minimum Gasteiger partial charge on any atom is -0.409 e. The third-order valence-electron chi connectivity index (χ3n) is 3.31. The average Bonchev–Trinajstić information content (AvgIpc) is 2.88. The van der Waals surface area contributed by atoms with Gasteiger partial charge in [-0.2, -0.15) is 0 Å². The second-order valence-corrected chi connectivity index (χ2v) is 5.90. The molecule has 106 valence electrons. The number of aromatic amines is 1. The van der Waals surface area contributed by atoms with Crippen molar-refractivity contribution < 1.29 is 5.21 Å². The average molecular weight is 297 g/mol. The Hall–Kier alpha value is -2.40. The summed E-state index contributed by atoms with van der Waals surface area (Å²) in [4.78, 5) is 4.49. The van der Waals surface area contributed by atoms with E-state index in [9.17, 15) is 0 Å². The van der Waals surface area contributed by atoms with Crippen molar-refractivity contribution in [1.82, 2.24) is 4.98 Å². The third kappa shape index (κ3) is 2.73. The van der Waals surface area contributed by atoms with Crippen LogP contribution in [-0.2, 0) is 0 Å². The number of rotatable bonds is 3. The molecule has 0 fully saturated rings. The second kappa shape index (κ2) is 5.54. The Balaban J connectivity index is 1.89. The number of fused-ring (bicyclic) bond motifs is 1. The first kappa shape index (κ1) is 13.6. The highest BCUT2D eigenvalue weighted by Gasteiger charge is 2.07. The highest BCUT2D eigenvalue weighted by atomic mass is 32.2. The molecule has 5 heteroatoms. The molecule has 1 heterocycles. The molecule has 0 bridgehead atoms. The third-order valence-corrected chi connectivity index (χ3v) is 4.24. The maximum Gasteiger partial charge on any atom is 0.170 e. The Kier molecular flexibility index (Phi) is 3.58. The molecule has 0 atom stereocenters. The minimum absolute atomic E-state index is 0.134. The Morgan fingerprint density at radius 3 is 2.71 bits per heavy atom. The Labute approximate surface area is 126 Å². The number of oxime groups is 1. The van der Waals surface area contributed by atoms with Gasteiger partial charge in [0.1, 0.15) is 0 Å². The molecule has 0 amide bonds. The summed E-state index contributed by atoms with van der Waals surface area (Å²) in [7, 11) is 0. The molecular weight excluding hydrogens is 282 g/mol. The van der Waals surface area contributed by atoms with Gasteiger partial charge in [0.05, 0.1) is 5.03 Å². The lowest BCUT2D eigenvalue weighted by molar-refractivity contribution is 0.318. The summed E-state index contributed by atoms with van der Waals surface area (Å²) < 4.78 is 0. The van der Waals surface area contributed by atoms with Gasteiger partial charge in [0.15, 0.2) is 5.84 Å². The van der Waals surface area contributed by atoms with E-state index in [2.05, 4.69) is 28.3 Å². The summed E-state index contributed by atoms with van der Waals surface area (Å²) in [5, 5.41) is 14.1. The zero-order valence-corrected chi connectivity index (χ0v) is 12.3. The van der Waals surface area contributed by atoms with Crippen LogP contribution in [0.15, 0.2) is 63.6 Å². The van der Waals surface area contributed by atoms with E-state index >= 15 is 0 Å². The predicted molar refractivity (Wildman–Crippen MR) is 86.1 cm³/mol. The summed E-state index contributed by atoms with van der Waals surface area (Å²) in [6.45, 7) is 1.95. The van der Waals surface area contributed by atoms with Crippen molar-refractivity contribution in [2.75, 3.05) is 0 Å². The van der Waals surface area contributed by atoms with Crippen molar-refractivity contribution in [2.24, 2.45) is 10.9 Å². The number of hydrogen-bond acceptors (Lipinski definition) is 3. The summed E-state index contributed by atoms with van der Waals surface area (Å²) in [6, 6.07) is 16.2. The second-order valence-electron chi connectivity index (χ2n) is 4.78. The fraction of sp³-hybridized carbons (Fsp3) is 0.0625. The molecule has 4 N–H and O–H groups in total. The summed E-state index contributed by atoms with van der Waals surface area (Å²) >= 11 is 1.66. The monoisotopic (exact) mass is 297 g/mol. The van der Waals surface area contributed by atoms with Crippen molar-refractivity contribution in [3.63, 3.8) is 0 Å². The van der Waals surface area contributed by atoms with Crippen LogP contribution in [0.5, 0.6) is 0 Å². The first-order valence-corrected chi connectivity index (χ1v) is 7.33. The Morgan fingerprint density at radius 2 is 2.00 bits per heavy atom. The standard InChI is InChI=1S/C16H15N3OS/c1-10-8-12(6-7-13(10)16(17)19-20)21-15-9-11-4-2-3-5-14(11)18-15/h2-9,18,20H,1H3,(H2,17,19). The largest absolute Gasteiger partial charge is 0.409 e. The van der Waals surface area contributed by atoms with Crippen LogP contribution in [0.1, 0.15) is 11.1 Å². The molecule has 3 aromatic rings. The molecule has 0 unspecified atom stereocenters. The maximum atomic E-state index is 8.75. The van der Waals surface area contributed by atoms with Gasteiger partial charge in [-0.25, -0.2) is 0 Å². The van der Waals surface area contributed by atoms with Crippen molar-refractivity contribution in [2.45, 2.75) is 16.8 Å². The molecule has 0 aliphatic heterocycles. The van der Waals surface area contributed by atoms with Gasteiger partial charge < -0.3 is 15.9 Å². The fourth-order valence-electron chi connectivity index (χ4n) is 2.27. The van der Waals surface area contributed by atoms with E-state index in [1.54, 1.807) is 11.8 Å². The highest BCUT2D eigenvalue weighted by molar-refractivity contribution is 7.99. The fourth-order valence-corrected chi connectivity index (χ4v) is 3.24. The quantitative estimate of drug-likeness (QED) is 0.298. The van der Waals surface area contributed by atoms with Gasteiger partial charge in [0, 0.05) is 21.4 Å². The number of amidine groups is 1. The normalized spacial score (nSPS) is 12.0. The molecule has 0 radical (unpaired) electrons. The Bertz CT molecular complexity index is 790. The van der Waals surface area contributed by atoms with E-state index in [1.807, 2.05) is 37.3 Å². The lowest BCUT2D eigenvalue weighted by atomic mass is 10.1. The lowest BCUT2D eigenvalue weighted by Crippen LogP contribution is -2.14. The van der Waals surface area contributed by atoms with Crippen LogP contribution in [-0.4, -0.2) is 16.0 Å². The SMILES string of the molecule is Cc1cc(Sc2cc3ccccc3[nH]2)ccc1/C(N)=N/O. The molecule has 4 nitrogen and oxygen atoms in total. The van der Waals surface area contributed by atoms with Crippen LogP contribution in [0, 0.1) is 6.92 Å². The van der Waals surface area contributed by atoms with Crippen LogP contribution in [0.4, 0.5) is 0 Å². The van der Waals surface area contributed by atoms with Crippen molar-refractivity contribution in [3.8, 4) is 0 Å². The first-order chi connectivity index (χ1) is 10.2. The molecule has 2 aromatic carbocycles. The summed E-state index contributed by atoms with van der Waals surface area (Å²) in [6.07, 6.45) is 0. The van der Waals surface area contributed by atoms with Crippen LogP contribution in [0.3, 0.4) is 0 Å². The van der Waals surface area contributed by atoms with Crippen LogP contribution < -0.4 is 5.73 Å². The van der Waals surface area contributed by atoms with E-state index in [0.29, 0.717) is 0 Å². The number of nitrogens with two attached hydrogens (primary N) is 1. The van der Waals surface area contributed by atoms with E-state index in [4.69, 9.17) is 10.9 Å². The van der Waals surface area contributed by atoms with Gasteiger partial charge in [-0.15, -0.1) is 0 Å². The van der Waals surface area contributed by atoms with Crippen molar-refractivity contribution in [3.05, 3.63) is 59.7 Å². The van der Waals surface area contributed by atoms with Crippen molar-refractivity contribution >= 4 is 28.5 Å². The molecule has 0 spiro atoms. The number of para-hydroxylation sites is 1. The van der Waals surface area contributed by atoms with Crippen LogP contribution >= 0.6 is 11.8 Å². The first-order valence-electron chi connectivity index (χ1n) is 6.51. The molecule has 0 aliphatic carbocycles. The maximum absolute atomic E-state index is 8.75. The van der Waals surface area contributed by atoms with E-state index in [1.165, 1.54) is 5.39 Å². The van der Waals surface area contributed by atoms with Crippen LogP contribution in [0.25, 0.3) is 10.9 Å². The zero-order chi connectivity index (χ0) is 14.8. The molecule has 1 aromatic heterocycles. The lowest BCUT2D eigenvalue weighted by Gasteiger charge is -2.06. The number of aryl methyl sites for hydroxylation is 1. The molecule has 0 saturated carbocycles. The van der Waals surface area contributed by atoms with Gasteiger partial charge in [0.2, 0.25) is 0 Å². The van der Waals surface area contributed by atoms with Gasteiger partial charge in [-0.05, 0) is 42.8 Å². The van der Waals surface area contributed by atoms with E-state index in [-0.39, 0.29) is 5.84 Å². The molecule has 21 heavy (non-hydrogen) atoms. The number of nitrogens with zero attached hydrogens (tertiary/aromatic N) is 1. The predicted octanol–water partition coefficient (Wildman–Crippen LogP) is 3.72. The van der Waals surface area contributed by atoms with Gasteiger partial charge >= 0.3 is 0 Å². The number of nitrogens with one attached hydrogen (secondary N) is 1. The Morgan fingerprint density at radius 1 is 1.19 bits per heavy atom. The van der Waals surface area contributed by atoms with Crippen molar-refractivity contribution in [1.29, 1.82) is 0 Å². The molecule has 3 rings (SSSR count). The van der Waals surface area contributed by atoms with Gasteiger partial charge in [-0.3, -0.25) is 0 Å². The number of H-pyrrole nitrogens is 1. The minimum atomic E-state index is 0.134. The van der Waals surface area contributed by atoms with Gasteiger partial charge in [0.25, 0.3) is 0 Å². The number of aromatic nitrogens is 1. The molecular formula is C16H15N3OS. The highest BCUT2D eigenvalue weighted by Crippen LogP contribution is 2.30. The van der Waals surface area contributed by atoms with Gasteiger partial charge in [-0.1, -0.05) is 35.1 Å².